The summed E-state index contributed by atoms with van der Waals surface area (Å²) in [5.41, 5.74) is 6.05. The van der Waals surface area contributed by atoms with Gasteiger partial charge in [-0.05, 0) is 12.8 Å². The number of benzene rings is 1. The van der Waals surface area contributed by atoms with Gasteiger partial charge in [-0.2, -0.15) is 0 Å². The number of nitrogens with two attached hydrogens (primary N) is 1. The molecule has 0 heterocycles. The number of hydrogen-bond donors (Lipinski definition) is 2. The van der Waals surface area contributed by atoms with E-state index in [9.17, 15) is 14.4 Å². The van der Waals surface area contributed by atoms with Gasteiger partial charge >= 0.3 is 0 Å². The summed E-state index contributed by atoms with van der Waals surface area (Å²) in [5, 5.41) is 2.71. The van der Waals surface area contributed by atoms with E-state index in [0.29, 0.717) is 24.8 Å². The lowest BCUT2D eigenvalue weighted by Gasteiger charge is -2.15. The van der Waals surface area contributed by atoms with Crippen LogP contribution in [-0.4, -0.2) is 23.6 Å². The minimum atomic E-state index is -0.612. The second-order valence-electron chi connectivity index (χ2n) is 6.72. The largest absolute Gasteiger partial charge is 0.368 e. The monoisotopic (exact) mass is 360 g/mol. The number of unbranched alkanes of at least 4 members (excludes halogenated alkanes) is 5. The van der Waals surface area contributed by atoms with Gasteiger partial charge in [0.1, 0.15) is 6.04 Å². The van der Waals surface area contributed by atoms with Gasteiger partial charge in [0.15, 0.2) is 5.78 Å². The number of hydrogen-bond acceptors (Lipinski definition) is 3. The summed E-state index contributed by atoms with van der Waals surface area (Å²) in [7, 11) is 0. The Bertz CT molecular complexity index is 558. The number of Topliss-reactive ketones (excluding diaryl/α,β-unsaturated/α-hetero) is 1. The molecule has 0 saturated heterocycles. The highest BCUT2D eigenvalue weighted by molar-refractivity contribution is 5.96. The summed E-state index contributed by atoms with van der Waals surface area (Å²) in [4.78, 5) is 35.5. The summed E-state index contributed by atoms with van der Waals surface area (Å²) in [6.07, 6.45) is 8.29. The van der Waals surface area contributed by atoms with Crippen LogP contribution in [0.2, 0.25) is 0 Å². The van der Waals surface area contributed by atoms with Gasteiger partial charge in [-0.3, -0.25) is 14.4 Å². The van der Waals surface area contributed by atoms with E-state index in [4.69, 9.17) is 5.73 Å². The predicted octanol–water partition coefficient (Wildman–Crippen LogP) is 3.76. The number of rotatable bonds is 14. The molecule has 1 aromatic rings. The van der Waals surface area contributed by atoms with E-state index in [1.165, 1.54) is 19.3 Å². The zero-order chi connectivity index (χ0) is 19.2. The summed E-state index contributed by atoms with van der Waals surface area (Å²) in [5.74, 6) is -0.690. The molecule has 3 N–H and O–H groups in total. The molecule has 0 radical (unpaired) electrons. The fraction of sp³-hybridized carbons (Fsp3) is 0.571. The van der Waals surface area contributed by atoms with Crippen LogP contribution < -0.4 is 11.1 Å². The quantitative estimate of drug-likeness (QED) is 0.391. The molecule has 1 rings (SSSR count). The molecule has 1 unspecified atom stereocenters. The summed E-state index contributed by atoms with van der Waals surface area (Å²) >= 11 is 0. The Hall–Kier alpha value is -2.17. The Morgan fingerprint density at radius 2 is 1.58 bits per heavy atom. The normalized spacial score (nSPS) is 11.7. The van der Waals surface area contributed by atoms with Crippen molar-refractivity contribution in [1.82, 2.24) is 5.32 Å². The Kier molecular flexibility index (Phi) is 11.0. The molecule has 0 fully saturated rings. The first kappa shape index (κ1) is 21.9. The molecule has 1 aromatic carbocycles. The lowest BCUT2D eigenvalue weighted by Crippen LogP contribution is -2.44. The lowest BCUT2D eigenvalue weighted by atomic mass is 10.0. The molecule has 2 amide bonds. The van der Waals surface area contributed by atoms with Crippen LogP contribution in [0.5, 0.6) is 0 Å². The van der Waals surface area contributed by atoms with Crippen LogP contribution in [0.25, 0.3) is 0 Å². The molecule has 5 nitrogen and oxygen atoms in total. The Morgan fingerprint density at radius 3 is 2.23 bits per heavy atom. The minimum absolute atomic E-state index is 0.0249. The molecule has 0 spiro atoms. The van der Waals surface area contributed by atoms with Gasteiger partial charge in [0.25, 0.3) is 0 Å². The zero-order valence-corrected chi connectivity index (χ0v) is 15.8. The Labute approximate surface area is 156 Å². The van der Waals surface area contributed by atoms with Crippen molar-refractivity contribution in [3.63, 3.8) is 0 Å². The third-order valence-electron chi connectivity index (χ3n) is 4.43. The molecule has 26 heavy (non-hydrogen) atoms. The van der Waals surface area contributed by atoms with Crippen LogP contribution in [0.3, 0.4) is 0 Å². The highest BCUT2D eigenvalue weighted by Crippen LogP contribution is 2.10. The van der Waals surface area contributed by atoms with E-state index >= 15 is 0 Å². The number of nitrogens with one attached hydrogen (secondary N) is 1. The van der Waals surface area contributed by atoms with Crippen LogP contribution >= 0.6 is 0 Å². The second-order valence-corrected chi connectivity index (χ2v) is 6.72. The van der Waals surface area contributed by atoms with E-state index in [1.807, 2.05) is 18.2 Å². The number of amides is 2. The molecular formula is C21H32N2O3. The topological polar surface area (TPSA) is 89.3 Å². The van der Waals surface area contributed by atoms with Gasteiger partial charge in [0, 0.05) is 18.4 Å². The fourth-order valence-electron chi connectivity index (χ4n) is 2.86. The van der Waals surface area contributed by atoms with Gasteiger partial charge in [0.05, 0.1) is 0 Å². The first-order valence-corrected chi connectivity index (χ1v) is 9.71. The minimum Gasteiger partial charge on any atom is -0.368 e. The summed E-state index contributed by atoms with van der Waals surface area (Å²) < 4.78 is 0. The average molecular weight is 360 g/mol. The van der Waals surface area contributed by atoms with E-state index in [2.05, 4.69) is 12.2 Å². The van der Waals surface area contributed by atoms with Crippen LogP contribution in [0.1, 0.15) is 81.5 Å². The maximum absolute atomic E-state index is 12.0. The number of ketones is 1. The van der Waals surface area contributed by atoms with Gasteiger partial charge in [-0.15, -0.1) is 0 Å². The fourth-order valence-corrected chi connectivity index (χ4v) is 2.86. The number of carbonyl (C=O) groups is 3. The van der Waals surface area contributed by atoms with Crippen molar-refractivity contribution in [1.29, 1.82) is 0 Å². The summed E-state index contributed by atoms with van der Waals surface area (Å²) in [6.45, 7) is 2.17. The molecule has 0 aliphatic rings. The number of primary amides is 1. The van der Waals surface area contributed by atoms with Crippen molar-refractivity contribution in [2.45, 2.75) is 77.2 Å². The number of carbonyl (C=O) groups excluding carboxylic acids is 3. The molecule has 0 aliphatic carbocycles. The lowest BCUT2D eigenvalue weighted by molar-refractivity contribution is -0.127. The Balaban J connectivity index is 2.25. The third kappa shape index (κ3) is 9.35. The molecular weight excluding hydrogens is 328 g/mol. The molecule has 1 atom stereocenters. The van der Waals surface area contributed by atoms with Crippen LogP contribution in [0.4, 0.5) is 0 Å². The van der Waals surface area contributed by atoms with Crippen LogP contribution in [-0.2, 0) is 9.59 Å². The van der Waals surface area contributed by atoms with Gasteiger partial charge in [0.2, 0.25) is 11.8 Å². The zero-order valence-electron chi connectivity index (χ0n) is 15.8. The standard InChI is InChI=1S/C21H32N2O3/c1-2-3-4-5-6-10-14-18(21(22)26)23-20(25)16-11-15-19(24)17-12-8-7-9-13-17/h7-9,12-13,18H,2-6,10-11,14-16H2,1H3,(H2,22,26)(H,23,25). The van der Waals surface area contributed by atoms with Gasteiger partial charge < -0.3 is 11.1 Å². The molecule has 0 aromatic heterocycles. The first-order valence-electron chi connectivity index (χ1n) is 9.71. The highest BCUT2D eigenvalue weighted by Gasteiger charge is 2.17. The predicted molar refractivity (Wildman–Crippen MR) is 104 cm³/mol. The van der Waals surface area contributed by atoms with Crippen molar-refractivity contribution in [3.8, 4) is 0 Å². The molecule has 144 valence electrons. The molecule has 5 heteroatoms. The first-order chi connectivity index (χ1) is 12.5. The van der Waals surface area contributed by atoms with E-state index < -0.39 is 11.9 Å². The van der Waals surface area contributed by atoms with E-state index in [-0.39, 0.29) is 18.1 Å². The van der Waals surface area contributed by atoms with Crippen molar-refractivity contribution in [2.75, 3.05) is 0 Å². The van der Waals surface area contributed by atoms with E-state index in [1.54, 1.807) is 12.1 Å². The smallest absolute Gasteiger partial charge is 0.239 e. The van der Waals surface area contributed by atoms with Crippen molar-refractivity contribution in [3.05, 3.63) is 35.9 Å². The molecule has 0 saturated carbocycles. The summed E-state index contributed by atoms with van der Waals surface area (Å²) in [6, 6.07) is 8.42. The second kappa shape index (κ2) is 13.1. The van der Waals surface area contributed by atoms with Crippen molar-refractivity contribution in [2.24, 2.45) is 5.73 Å². The van der Waals surface area contributed by atoms with Gasteiger partial charge in [-0.25, -0.2) is 0 Å². The van der Waals surface area contributed by atoms with Crippen molar-refractivity contribution >= 4 is 17.6 Å². The van der Waals surface area contributed by atoms with E-state index in [0.717, 1.165) is 19.3 Å². The molecule has 0 aliphatic heterocycles. The van der Waals surface area contributed by atoms with Crippen LogP contribution in [0.15, 0.2) is 30.3 Å². The van der Waals surface area contributed by atoms with Gasteiger partial charge in [-0.1, -0.05) is 75.8 Å². The van der Waals surface area contributed by atoms with Crippen LogP contribution in [0, 0.1) is 0 Å². The maximum Gasteiger partial charge on any atom is 0.239 e. The highest BCUT2D eigenvalue weighted by atomic mass is 16.2. The third-order valence-corrected chi connectivity index (χ3v) is 4.43. The Morgan fingerprint density at radius 1 is 0.923 bits per heavy atom. The SMILES string of the molecule is CCCCCCCCC(NC(=O)CCCC(=O)c1ccccc1)C(N)=O. The average Bonchev–Trinajstić information content (AvgIpc) is 2.64. The molecule has 0 bridgehead atoms. The van der Waals surface area contributed by atoms with Crippen molar-refractivity contribution < 1.29 is 14.4 Å². The maximum atomic E-state index is 12.0.